The van der Waals surface area contributed by atoms with E-state index in [1.165, 1.54) is 12.1 Å². The molecule has 1 aromatic carbocycles. The molecule has 17 heavy (non-hydrogen) atoms. The molecular weight excluding hydrogens is 238 g/mol. The van der Waals surface area contributed by atoms with Crippen molar-refractivity contribution in [3.05, 3.63) is 42.2 Å². The number of rotatable bonds is 3. The lowest BCUT2D eigenvalue weighted by Gasteiger charge is -2.07. The van der Waals surface area contributed by atoms with Crippen LogP contribution < -0.4 is 10.5 Å². The van der Waals surface area contributed by atoms with E-state index < -0.39 is 10.0 Å². The zero-order valence-corrected chi connectivity index (χ0v) is 10.1. The number of anilines is 2. The second-order valence-corrected chi connectivity index (χ2v) is 5.28. The molecule has 0 spiro atoms. The smallest absolute Gasteiger partial charge is 0.238 e. The molecule has 2 aromatic rings. The molecule has 0 saturated heterocycles. The second kappa shape index (κ2) is 4.23. The summed E-state index contributed by atoms with van der Waals surface area (Å²) < 4.78 is 22.4. The molecule has 2 rings (SSSR count). The maximum absolute atomic E-state index is 11.2. The Morgan fingerprint density at radius 2 is 2.06 bits per heavy atom. The van der Waals surface area contributed by atoms with Crippen molar-refractivity contribution < 1.29 is 8.42 Å². The average molecular weight is 251 g/mol. The van der Waals surface area contributed by atoms with Gasteiger partial charge in [-0.1, -0.05) is 6.07 Å². The summed E-state index contributed by atoms with van der Waals surface area (Å²) in [7, 11) is -3.66. The third-order valence-corrected chi connectivity index (χ3v) is 3.31. The molecule has 5 nitrogen and oxygen atoms in total. The first-order valence-electron chi connectivity index (χ1n) is 5.01. The fourth-order valence-electron chi connectivity index (χ4n) is 1.49. The van der Waals surface area contributed by atoms with Crippen molar-refractivity contribution in [2.45, 2.75) is 11.8 Å². The maximum Gasteiger partial charge on any atom is 0.238 e. The Hall–Kier alpha value is -1.79. The van der Waals surface area contributed by atoms with Crippen LogP contribution in [-0.4, -0.2) is 13.4 Å². The molecule has 4 N–H and O–H groups in total. The first-order chi connectivity index (χ1) is 7.97. The molecule has 1 heterocycles. The van der Waals surface area contributed by atoms with Gasteiger partial charge >= 0.3 is 0 Å². The van der Waals surface area contributed by atoms with E-state index in [1.807, 2.05) is 13.0 Å². The number of H-pyrrole nitrogens is 1. The molecule has 6 heteroatoms. The molecule has 0 bridgehead atoms. The van der Waals surface area contributed by atoms with Gasteiger partial charge in [-0.05, 0) is 31.2 Å². The first-order valence-corrected chi connectivity index (χ1v) is 6.55. The number of sulfonamides is 1. The molecular formula is C11H13N3O2S. The lowest BCUT2D eigenvalue weighted by atomic mass is 10.3. The van der Waals surface area contributed by atoms with E-state index in [2.05, 4.69) is 10.3 Å². The van der Waals surface area contributed by atoms with Crippen LogP contribution in [0.4, 0.5) is 11.4 Å². The summed E-state index contributed by atoms with van der Waals surface area (Å²) in [4.78, 5) is 3.12. The summed E-state index contributed by atoms with van der Waals surface area (Å²) in [6.45, 7) is 1.92. The van der Waals surface area contributed by atoms with Crippen LogP contribution in [0.15, 0.2) is 41.4 Å². The summed E-state index contributed by atoms with van der Waals surface area (Å²) in [6, 6.07) is 8.26. The average Bonchev–Trinajstić information content (AvgIpc) is 2.64. The van der Waals surface area contributed by atoms with Crippen LogP contribution in [0.3, 0.4) is 0 Å². The van der Waals surface area contributed by atoms with Crippen molar-refractivity contribution in [3.8, 4) is 0 Å². The SMILES string of the molecule is Cc1[nH]ccc1Nc1cccc(S(N)(=O)=O)c1. The van der Waals surface area contributed by atoms with Crippen molar-refractivity contribution in [1.82, 2.24) is 4.98 Å². The van der Waals surface area contributed by atoms with Crippen molar-refractivity contribution in [3.63, 3.8) is 0 Å². The van der Waals surface area contributed by atoms with Gasteiger partial charge in [0.05, 0.1) is 10.6 Å². The lowest BCUT2D eigenvalue weighted by Crippen LogP contribution is -2.12. The number of hydrogen-bond acceptors (Lipinski definition) is 3. The minimum atomic E-state index is -3.66. The Bertz CT molecular complexity index is 632. The van der Waals surface area contributed by atoms with Gasteiger partial charge in [0.25, 0.3) is 0 Å². The summed E-state index contributed by atoms with van der Waals surface area (Å²) in [5, 5.41) is 8.18. The Balaban J connectivity index is 2.32. The quantitative estimate of drug-likeness (QED) is 0.776. The van der Waals surface area contributed by atoms with E-state index in [1.54, 1.807) is 18.3 Å². The number of nitrogens with one attached hydrogen (secondary N) is 2. The predicted octanol–water partition coefficient (Wildman–Crippen LogP) is 1.71. The van der Waals surface area contributed by atoms with Crippen LogP contribution in [0.5, 0.6) is 0 Å². The number of aromatic amines is 1. The van der Waals surface area contributed by atoms with Gasteiger partial charge in [0.2, 0.25) is 10.0 Å². The summed E-state index contributed by atoms with van der Waals surface area (Å²) in [6.07, 6.45) is 1.81. The van der Waals surface area contributed by atoms with Gasteiger partial charge < -0.3 is 10.3 Å². The van der Waals surface area contributed by atoms with Gasteiger partial charge in [0.1, 0.15) is 0 Å². The molecule has 0 amide bonds. The highest BCUT2D eigenvalue weighted by molar-refractivity contribution is 7.89. The normalized spacial score (nSPS) is 11.4. The summed E-state index contributed by atoms with van der Waals surface area (Å²) >= 11 is 0. The standard InChI is InChI=1S/C11H13N3O2S/c1-8-11(5-6-13-8)14-9-3-2-4-10(7-9)17(12,15)16/h2-7,13-14H,1H3,(H2,12,15,16). The number of hydrogen-bond donors (Lipinski definition) is 3. The highest BCUT2D eigenvalue weighted by Crippen LogP contribution is 2.21. The van der Waals surface area contributed by atoms with E-state index in [4.69, 9.17) is 5.14 Å². The Morgan fingerprint density at radius 3 is 2.65 bits per heavy atom. The Kier molecular flexibility index (Phi) is 2.91. The minimum absolute atomic E-state index is 0.0932. The molecule has 90 valence electrons. The van der Waals surface area contributed by atoms with Gasteiger partial charge in [0.15, 0.2) is 0 Å². The molecule has 1 aromatic heterocycles. The topological polar surface area (TPSA) is 88.0 Å². The van der Waals surface area contributed by atoms with Crippen LogP contribution in [0.2, 0.25) is 0 Å². The van der Waals surface area contributed by atoms with Crippen LogP contribution in [0, 0.1) is 6.92 Å². The Labute approximate surface area is 99.7 Å². The molecule has 0 unspecified atom stereocenters. The van der Waals surface area contributed by atoms with E-state index in [0.717, 1.165) is 11.4 Å². The molecule has 0 saturated carbocycles. The Morgan fingerprint density at radius 1 is 1.29 bits per heavy atom. The highest BCUT2D eigenvalue weighted by atomic mass is 32.2. The number of aryl methyl sites for hydroxylation is 1. The van der Waals surface area contributed by atoms with Crippen LogP contribution in [0.1, 0.15) is 5.69 Å². The largest absolute Gasteiger partial charge is 0.363 e. The van der Waals surface area contributed by atoms with Gasteiger partial charge in [-0.3, -0.25) is 0 Å². The fourth-order valence-corrected chi connectivity index (χ4v) is 2.05. The van der Waals surface area contributed by atoms with E-state index in [0.29, 0.717) is 5.69 Å². The molecule has 0 atom stereocenters. The van der Waals surface area contributed by atoms with Crippen molar-refractivity contribution in [1.29, 1.82) is 0 Å². The maximum atomic E-state index is 11.2. The van der Waals surface area contributed by atoms with Gasteiger partial charge in [0, 0.05) is 17.6 Å². The van der Waals surface area contributed by atoms with Gasteiger partial charge in [-0.2, -0.15) is 0 Å². The zero-order valence-electron chi connectivity index (χ0n) is 9.27. The molecule has 0 fully saturated rings. The van der Waals surface area contributed by atoms with E-state index in [9.17, 15) is 8.42 Å². The number of nitrogens with two attached hydrogens (primary N) is 1. The van der Waals surface area contributed by atoms with Crippen LogP contribution in [0.25, 0.3) is 0 Å². The number of primary sulfonamides is 1. The molecule has 0 radical (unpaired) electrons. The number of aromatic nitrogens is 1. The van der Waals surface area contributed by atoms with E-state index in [-0.39, 0.29) is 4.90 Å². The second-order valence-electron chi connectivity index (χ2n) is 3.71. The van der Waals surface area contributed by atoms with Crippen molar-refractivity contribution >= 4 is 21.4 Å². The van der Waals surface area contributed by atoms with Gasteiger partial charge in [-0.25, -0.2) is 13.6 Å². The monoisotopic (exact) mass is 251 g/mol. The third kappa shape index (κ3) is 2.66. The summed E-state index contributed by atoms with van der Waals surface area (Å²) in [5.41, 5.74) is 2.56. The number of benzene rings is 1. The fraction of sp³-hybridized carbons (Fsp3) is 0.0909. The summed E-state index contributed by atoms with van der Waals surface area (Å²) in [5.74, 6) is 0. The predicted molar refractivity (Wildman–Crippen MR) is 66.6 cm³/mol. The van der Waals surface area contributed by atoms with E-state index >= 15 is 0 Å². The molecule has 0 aliphatic carbocycles. The minimum Gasteiger partial charge on any atom is -0.363 e. The first kappa shape index (κ1) is 11.7. The molecule has 0 aliphatic rings. The van der Waals surface area contributed by atoms with Crippen molar-refractivity contribution in [2.24, 2.45) is 5.14 Å². The zero-order chi connectivity index (χ0) is 12.5. The lowest BCUT2D eigenvalue weighted by molar-refractivity contribution is 0.598. The van der Waals surface area contributed by atoms with Crippen LogP contribution >= 0.6 is 0 Å². The highest BCUT2D eigenvalue weighted by Gasteiger charge is 2.08. The van der Waals surface area contributed by atoms with Crippen LogP contribution in [-0.2, 0) is 10.0 Å². The molecule has 0 aliphatic heterocycles. The third-order valence-electron chi connectivity index (χ3n) is 2.40. The van der Waals surface area contributed by atoms with Gasteiger partial charge in [-0.15, -0.1) is 0 Å². The van der Waals surface area contributed by atoms with Crippen molar-refractivity contribution in [2.75, 3.05) is 5.32 Å².